The summed E-state index contributed by atoms with van der Waals surface area (Å²) >= 11 is 0. The van der Waals surface area contributed by atoms with Gasteiger partial charge in [-0.2, -0.15) is 0 Å². The molecule has 0 aromatic heterocycles. The molecular formula is C26H24BrO2P. The third-order valence-electron chi connectivity index (χ3n) is 4.87. The average molecular weight is 479 g/mol. The Morgan fingerprint density at radius 2 is 1.10 bits per heavy atom. The molecule has 0 bridgehead atoms. The first kappa shape index (κ1) is 22.1. The molecule has 0 atom stereocenters. The van der Waals surface area contributed by atoms with Crippen LogP contribution in [0.25, 0.3) is 11.1 Å². The van der Waals surface area contributed by atoms with Gasteiger partial charge in [0.2, 0.25) is 0 Å². The van der Waals surface area contributed by atoms with Gasteiger partial charge in [-0.15, -0.1) is 17.0 Å². The number of hydrogen-bond acceptors (Lipinski definition) is 2. The van der Waals surface area contributed by atoms with Crippen LogP contribution in [-0.4, -0.2) is 14.2 Å². The van der Waals surface area contributed by atoms with Crippen LogP contribution in [0.2, 0.25) is 0 Å². The summed E-state index contributed by atoms with van der Waals surface area (Å²) in [4.78, 5) is 0. The molecule has 0 radical (unpaired) electrons. The molecule has 152 valence electrons. The fourth-order valence-corrected chi connectivity index (χ4v) is 5.97. The van der Waals surface area contributed by atoms with E-state index in [2.05, 4.69) is 97.1 Å². The summed E-state index contributed by atoms with van der Waals surface area (Å²) < 4.78 is 11.0. The normalized spacial score (nSPS) is 10.4. The molecule has 4 heteroatoms. The zero-order chi connectivity index (χ0) is 20.1. The van der Waals surface area contributed by atoms with Crippen molar-refractivity contribution < 1.29 is 9.47 Å². The van der Waals surface area contributed by atoms with Gasteiger partial charge in [0.25, 0.3) is 0 Å². The number of hydrogen-bond donors (Lipinski definition) is 0. The molecule has 0 fully saturated rings. The van der Waals surface area contributed by atoms with Crippen molar-refractivity contribution in [2.75, 3.05) is 14.2 Å². The lowest BCUT2D eigenvalue weighted by molar-refractivity contribution is 0.355. The largest absolute Gasteiger partial charge is 0.493 e. The van der Waals surface area contributed by atoms with Gasteiger partial charge >= 0.3 is 0 Å². The number of halogens is 1. The second kappa shape index (κ2) is 10.4. The van der Waals surface area contributed by atoms with Gasteiger partial charge in [-0.25, -0.2) is 0 Å². The SMILES string of the molecule is Br.COc1ccc(-c2ccccc2P(c2ccccc2)c2ccccc2)cc1OC. The molecule has 0 spiro atoms. The van der Waals surface area contributed by atoms with Crippen molar-refractivity contribution in [1.29, 1.82) is 0 Å². The molecule has 4 aromatic carbocycles. The lowest BCUT2D eigenvalue weighted by atomic mass is 10.1. The van der Waals surface area contributed by atoms with Crippen molar-refractivity contribution in [3.8, 4) is 22.6 Å². The van der Waals surface area contributed by atoms with E-state index in [4.69, 9.17) is 9.47 Å². The molecule has 0 heterocycles. The summed E-state index contributed by atoms with van der Waals surface area (Å²) in [5.74, 6) is 1.48. The van der Waals surface area contributed by atoms with Gasteiger partial charge in [-0.05, 0) is 47.1 Å². The van der Waals surface area contributed by atoms with Crippen LogP contribution in [0.15, 0.2) is 103 Å². The van der Waals surface area contributed by atoms with Crippen LogP contribution in [0.4, 0.5) is 0 Å². The standard InChI is InChI=1S/C26H23O2P.BrH/c1-27-24-18-17-20(19-25(24)28-2)23-15-9-10-16-26(23)29(21-11-5-3-6-12-21)22-13-7-4-8-14-22;/h3-19H,1-2H3;1H. The van der Waals surface area contributed by atoms with Crippen LogP contribution in [-0.2, 0) is 0 Å². The molecule has 0 N–H and O–H groups in total. The van der Waals surface area contributed by atoms with Gasteiger partial charge in [0.1, 0.15) is 0 Å². The molecule has 4 rings (SSSR count). The van der Waals surface area contributed by atoms with E-state index in [0.29, 0.717) is 0 Å². The molecular weight excluding hydrogens is 455 g/mol. The minimum Gasteiger partial charge on any atom is -0.493 e. The lowest BCUT2D eigenvalue weighted by Gasteiger charge is -2.22. The Bertz CT molecular complexity index is 1040. The van der Waals surface area contributed by atoms with Crippen LogP contribution in [0.5, 0.6) is 11.5 Å². The number of rotatable bonds is 6. The fraction of sp³-hybridized carbons (Fsp3) is 0.0769. The Hall–Kier alpha value is -2.61. The zero-order valence-corrected chi connectivity index (χ0v) is 19.6. The van der Waals surface area contributed by atoms with Crippen LogP contribution in [0.1, 0.15) is 0 Å². The maximum Gasteiger partial charge on any atom is 0.161 e. The topological polar surface area (TPSA) is 18.5 Å². The van der Waals surface area contributed by atoms with Crippen molar-refractivity contribution in [3.63, 3.8) is 0 Å². The zero-order valence-electron chi connectivity index (χ0n) is 17.0. The highest BCUT2D eigenvalue weighted by Crippen LogP contribution is 2.39. The van der Waals surface area contributed by atoms with Crippen molar-refractivity contribution in [3.05, 3.63) is 103 Å². The first-order valence-corrected chi connectivity index (χ1v) is 10.9. The highest BCUT2D eigenvalue weighted by Gasteiger charge is 2.20. The van der Waals surface area contributed by atoms with Crippen molar-refractivity contribution >= 4 is 40.8 Å². The molecule has 0 aliphatic carbocycles. The smallest absolute Gasteiger partial charge is 0.161 e. The Kier molecular flexibility index (Phi) is 7.68. The summed E-state index contributed by atoms with van der Waals surface area (Å²) in [5.41, 5.74) is 2.34. The van der Waals surface area contributed by atoms with Crippen LogP contribution >= 0.6 is 24.9 Å². The maximum absolute atomic E-state index is 5.55. The molecule has 0 saturated heterocycles. The quantitative estimate of drug-likeness (QED) is 0.330. The van der Waals surface area contributed by atoms with Gasteiger partial charge in [0.05, 0.1) is 14.2 Å². The van der Waals surface area contributed by atoms with Gasteiger partial charge in [-0.3, -0.25) is 0 Å². The monoisotopic (exact) mass is 478 g/mol. The van der Waals surface area contributed by atoms with E-state index < -0.39 is 7.92 Å². The molecule has 30 heavy (non-hydrogen) atoms. The second-order valence-corrected chi connectivity index (χ2v) is 8.78. The summed E-state index contributed by atoms with van der Waals surface area (Å²) in [6, 6.07) is 36.3. The first-order chi connectivity index (χ1) is 14.3. The van der Waals surface area contributed by atoms with Gasteiger partial charge in [0, 0.05) is 0 Å². The summed E-state index contributed by atoms with van der Waals surface area (Å²) in [7, 11) is 2.65. The third-order valence-corrected chi connectivity index (χ3v) is 7.37. The molecule has 2 nitrogen and oxygen atoms in total. The molecule has 0 unspecified atom stereocenters. The van der Waals surface area contributed by atoms with Gasteiger partial charge < -0.3 is 9.47 Å². The third kappa shape index (κ3) is 4.59. The number of methoxy groups -OCH3 is 2. The average Bonchev–Trinajstić information content (AvgIpc) is 2.80. The Balaban J connectivity index is 0.00000256. The summed E-state index contributed by atoms with van der Waals surface area (Å²) in [5, 5.41) is 4.00. The van der Waals surface area contributed by atoms with E-state index in [9.17, 15) is 0 Å². The predicted octanol–water partition coefficient (Wildman–Crippen LogP) is 5.71. The van der Waals surface area contributed by atoms with E-state index in [0.717, 1.165) is 17.1 Å². The molecule has 0 saturated carbocycles. The predicted molar refractivity (Wildman–Crippen MR) is 134 cm³/mol. The molecule has 4 aromatic rings. The van der Waals surface area contributed by atoms with Gasteiger partial charge in [0.15, 0.2) is 11.5 Å². The van der Waals surface area contributed by atoms with E-state index in [1.54, 1.807) is 14.2 Å². The molecule has 0 amide bonds. The minimum atomic E-state index is -0.688. The Morgan fingerprint density at radius 3 is 1.67 bits per heavy atom. The van der Waals surface area contributed by atoms with E-state index in [-0.39, 0.29) is 17.0 Å². The van der Waals surface area contributed by atoms with Crippen molar-refractivity contribution in [1.82, 2.24) is 0 Å². The molecule has 0 aliphatic heterocycles. The van der Waals surface area contributed by atoms with Crippen LogP contribution < -0.4 is 25.4 Å². The van der Waals surface area contributed by atoms with E-state index in [1.165, 1.54) is 21.5 Å². The van der Waals surface area contributed by atoms with E-state index >= 15 is 0 Å². The van der Waals surface area contributed by atoms with Crippen molar-refractivity contribution in [2.24, 2.45) is 0 Å². The highest BCUT2D eigenvalue weighted by molar-refractivity contribution is 8.93. The Morgan fingerprint density at radius 1 is 0.567 bits per heavy atom. The summed E-state index contributed by atoms with van der Waals surface area (Å²) in [6.45, 7) is 0. The molecule has 0 aliphatic rings. The number of benzene rings is 4. The van der Waals surface area contributed by atoms with Crippen LogP contribution in [0.3, 0.4) is 0 Å². The van der Waals surface area contributed by atoms with Gasteiger partial charge in [-0.1, -0.05) is 91.0 Å². The fourth-order valence-electron chi connectivity index (χ4n) is 3.50. The highest BCUT2D eigenvalue weighted by atomic mass is 79.9. The van der Waals surface area contributed by atoms with E-state index in [1.807, 2.05) is 6.07 Å². The Labute approximate surface area is 190 Å². The summed E-state index contributed by atoms with van der Waals surface area (Å²) in [6.07, 6.45) is 0. The van der Waals surface area contributed by atoms with Crippen LogP contribution in [0, 0.1) is 0 Å². The first-order valence-electron chi connectivity index (χ1n) is 9.53. The number of ether oxygens (including phenoxy) is 2. The van der Waals surface area contributed by atoms with Crippen molar-refractivity contribution in [2.45, 2.75) is 0 Å². The minimum absolute atomic E-state index is 0. The second-order valence-electron chi connectivity index (χ2n) is 6.59. The lowest BCUT2D eigenvalue weighted by Crippen LogP contribution is -2.22. The maximum atomic E-state index is 5.55.